The van der Waals surface area contributed by atoms with Crippen molar-refractivity contribution in [1.29, 1.82) is 0 Å². The van der Waals surface area contributed by atoms with Gasteiger partial charge in [0.15, 0.2) is 5.82 Å². The van der Waals surface area contributed by atoms with E-state index < -0.39 is 23.7 Å². The highest BCUT2D eigenvalue weighted by Crippen LogP contribution is 2.39. The quantitative estimate of drug-likeness (QED) is 0.142. The van der Waals surface area contributed by atoms with E-state index in [0.717, 1.165) is 37.8 Å². The molecule has 2 N–H and O–H groups in total. The summed E-state index contributed by atoms with van der Waals surface area (Å²) in [5, 5.41) is 16.1. The highest BCUT2D eigenvalue weighted by molar-refractivity contribution is 7.15. The van der Waals surface area contributed by atoms with E-state index in [9.17, 15) is 14.4 Å². The molecule has 0 unspecified atom stereocenters. The molecule has 0 bridgehead atoms. The highest BCUT2D eigenvalue weighted by atomic mass is 35.5. The van der Waals surface area contributed by atoms with Crippen LogP contribution in [0.25, 0.3) is 5.00 Å². The van der Waals surface area contributed by atoms with Crippen LogP contribution < -0.4 is 10.6 Å². The average Bonchev–Trinajstić information content (AvgIpc) is 3.50. The SMILES string of the molecule is COC(=O)c1cc(NC(=O)C[C@@H]2N=C(c3ccc(Cl)cc3)c3c(sc(C)c3C)-n3c(C)nnc32)ccc1CCCNC(=O)OC(C)(C)C. The lowest BCUT2D eigenvalue weighted by molar-refractivity contribution is -0.116. The van der Waals surface area contributed by atoms with E-state index in [1.165, 1.54) is 7.11 Å². The van der Waals surface area contributed by atoms with Crippen LogP contribution >= 0.6 is 22.9 Å². The van der Waals surface area contributed by atoms with Crippen LogP contribution in [-0.4, -0.2) is 57.7 Å². The molecule has 13 heteroatoms. The van der Waals surface area contributed by atoms with Gasteiger partial charge in [-0.05, 0) is 89.8 Å². The second-order valence-corrected chi connectivity index (χ2v) is 14.2. The first-order valence-corrected chi connectivity index (χ1v) is 16.8. The molecule has 3 heterocycles. The standard InChI is InChI=1S/C35H39ClN6O5S/c1-19-20(2)48-32-29(19)30(23-10-13-24(36)14-11-23)39-27(31-41-40-21(3)42(31)32)18-28(43)38-25-15-12-22(26(17-25)33(44)46-7)9-8-16-37-34(45)47-35(4,5)6/h10-15,17,27H,8-9,16,18H2,1-7H3,(H,37,45)(H,38,43)/t27-/m0/s1. The summed E-state index contributed by atoms with van der Waals surface area (Å²) >= 11 is 7.86. The molecular formula is C35H39ClN6O5S. The zero-order valence-corrected chi connectivity index (χ0v) is 29.6. The molecule has 4 aromatic rings. The van der Waals surface area contributed by atoms with Crippen LogP contribution in [0, 0.1) is 20.8 Å². The van der Waals surface area contributed by atoms with Gasteiger partial charge in [-0.3, -0.25) is 14.4 Å². The van der Waals surface area contributed by atoms with Crippen LogP contribution in [0.4, 0.5) is 10.5 Å². The molecule has 11 nitrogen and oxygen atoms in total. The summed E-state index contributed by atoms with van der Waals surface area (Å²) in [6.45, 7) is 11.8. The van der Waals surface area contributed by atoms with Crippen molar-refractivity contribution < 1.29 is 23.9 Å². The van der Waals surface area contributed by atoms with Crippen molar-refractivity contribution in [2.45, 2.75) is 72.4 Å². The minimum Gasteiger partial charge on any atom is -0.465 e. The molecule has 252 valence electrons. The van der Waals surface area contributed by atoms with Crippen molar-refractivity contribution in [1.82, 2.24) is 20.1 Å². The lowest BCUT2D eigenvalue weighted by Crippen LogP contribution is -2.33. The number of thiophene rings is 1. The summed E-state index contributed by atoms with van der Waals surface area (Å²) in [5.74, 6) is 0.432. The first-order valence-electron chi connectivity index (χ1n) is 15.6. The molecule has 0 saturated heterocycles. The van der Waals surface area contributed by atoms with E-state index in [4.69, 9.17) is 26.1 Å². The van der Waals surface area contributed by atoms with E-state index in [-0.39, 0.29) is 12.3 Å². The third kappa shape index (κ3) is 7.77. The number of aryl methyl sites for hydroxylation is 3. The van der Waals surface area contributed by atoms with Crippen molar-refractivity contribution >= 4 is 52.3 Å². The summed E-state index contributed by atoms with van der Waals surface area (Å²) in [6.07, 6.45) is 0.543. The first-order chi connectivity index (χ1) is 22.8. The van der Waals surface area contributed by atoms with Crippen molar-refractivity contribution in [3.05, 3.63) is 91.8 Å². The van der Waals surface area contributed by atoms with Crippen LogP contribution in [-0.2, 0) is 20.7 Å². The number of nitrogens with one attached hydrogen (secondary N) is 2. The number of benzene rings is 2. The Kier molecular flexibility index (Phi) is 10.4. The van der Waals surface area contributed by atoms with Gasteiger partial charge < -0.3 is 20.1 Å². The number of alkyl carbamates (subject to hydrolysis) is 1. The number of rotatable bonds is 9. The van der Waals surface area contributed by atoms with Gasteiger partial charge in [0.25, 0.3) is 0 Å². The number of carbonyl (C=O) groups is 3. The number of carbonyl (C=O) groups excluding carboxylic acids is 3. The molecule has 2 amide bonds. The number of halogens is 1. The molecule has 48 heavy (non-hydrogen) atoms. The van der Waals surface area contributed by atoms with Crippen LogP contribution in [0.3, 0.4) is 0 Å². The zero-order chi connectivity index (χ0) is 34.7. The van der Waals surface area contributed by atoms with Crippen molar-refractivity contribution in [3.8, 4) is 5.00 Å². The van der Waals surface area contributed by atoms with E-state index in [2.05, 4.69) is 34.7 Å². The molecule has 1 atom stereocenters. The zero-order valence-electron chi connectivity index (χ0n) is 28.1. The fourth-order valence-corrected chi connectivity index (χ4v) is 6.82. The predicted octanol–water partition coefficient (Wildman–Crippen LogP) is 7.07. The molecule has 0 radical (unpaired) electrons. The monoisotopic (exact) mass is 690 g/mol. The number of anilines is 1. The fraction of sp³-hybridized carbons (Fsp3) is 0.371. The van der Waals surface area contributed by atoms with Gasteiger partial charge in [-0.15, -0.1) is 21.5 Å². The average molecular weight is 691 g/mol. The first kappa shape index (κ1) is 34.8. The Balaban J connectivity index is 1.38. The van der Waals surface area contributed by atoms with Gasteiger partial charge in [0.05, 0.1) is 24.8 Å². The molecule has 1 aliphatic rings. The molecule has 0 saturated carbocycles. The maximum absolute atomic E-state index is 13.6. The Labute approximate surface area is 288 Å². The van der Waals surface area contributed by atoms with Gasteiger partial charge in [0.1, 0.15) is 22.5 Å². The van der Waals surface area contributed by atoms with Crippen LogP contribution in [0.2, 0.25) is 5.02 Å². The number of hydrogen-bond acceptors (Lipinski definition) is 9. The number of aromatic nitrogens is 3. The van der Waals surface area contributed by atoms with Gasteiger partial charge >= 0.3 is 12.1 Å². The van der Waals surface area contributed by atoms with Crippen molar-refractivity contribution in [2.75, 3.05) is 19.0 Å². The topological polar surface area (TPSA) is 137 Å². The summed E-state index contributed by atoms with van der Waals surface area (Å²) in [5.41, 5.74) is 4.62. The second-order valence-electron chi connectivity index (χ2n) is 12.6. The van der Waals surface area contributed by atoms with Crippen LogP contribution in [0.5, 0.6) is 0 Å². The number of aliphatic imine (C=N–C) groups is 1. The van der Waals surface area contributed by atoms with Gasteiger partial charge in [-0.1, -0.05) is 29.8 Å². The number of amides is 2. The van der Waals surface area contributed by atoms with Crippen molar-refractivity contribution in [3.63, 3.8) is 0 Å². The minimum atomic E-state index is -0.645. The summed E-state index contributed by atoms with van der Waals surface area (Å²) in [6, 6.07) is 12.0. The number of methoxy groups -OCH3 is 1. The third-order valence-corrected chi connectivity index (χ3v) is 9.27. The van der Waals surface area contributed by atoms with Crippen LogP contribution in [0.15, 0.2) is 47.5 Å². The van der Waals surface area contributed by atoms with E-state index in [1.807, 2.05) is 35.8 Å². The normalized spacial score (nSPS) is 13.9. The van der Waals surface area contributed by atoms with Gasteiger partial charge in [-0.25, -0.2) is 9.59 Å². The number of hydrogen-bond donors (Lipinski definition) is 2. The van der Waals surface area contributed by atoms with Gasteiger partial charge in [0, 0.05) is 33.3 Å². The molecule has 2 aromatic carbocycles. The smallest absolute Gasteiger partial charge is 0.407 e. The van der Waals surface area contributed by atoms with E-state index in [0.29, 0.717) is 47.3 Å². The van der Waals surface area contributed by atoms with Gasteiger partial charge in [0.2, 0.25) is 5.91 Å². The number of ether oxygens (including phenoxy) is 2. The molecule has 1 aliphatic heterocycles. The van der Waals surface area contributed by atoms with Crippen LogP contribution in [0.1, 0.15) is 88.8 Å². The largest absolute Gasteiger partial charge is 0.465 e. The van der Waals surface area contributed by atoms with Gasteiger partial charge in [-0.2, -0.15) is 0 Å². The Bertz CT molecular complexity index is 1890. The predicted molar refractivity (Wildman–Crippen MR) is 187 cm³/mol. The summed E-state index contributed by atoms with van der Waals surface area (Å²) in [4.78, 5) is 44.6. The summed E-state index contributed by atoms with van der Waals surface area (Å²) in [7, 11) is 1.31. The highest BCUT2D eigenvalue weighted by Gasteiger charge is 2.32. The third-order valence-electron chi connectivity index (χ3n) is 7.83. The second kappa shape index (κ2) is 14.3. The lowest BCUT2D eigenvalue weighted by atomic mass is 9.99. The Morgan fingerprint density at radius 1 is 1.04 bits per heavy atom. The summed E-state index contributed by atoms with van der Waals surface area (Å²) < 4.78 is 12.3. The van der Waals surface area contributed by atoms with E-state index >= 15 is 0 Å². The number of nitrogens with zero attached hydrogens (tertiary/aromatic N) is 4. The molecule has 2 aromatic heterocycles. The Morgan fingerprint density at radius 2 is 1.77 bits per heavy atom. The van der Waals surface area contributed by atoms with Crippen molar-refractivity contribution in [2.24, 2.45) is 4.99 Å². The number of esters is 1. The molecule has 5 rings (SSSR count). The lowest BCUT2D eigenvalue weighted by Gasteiger charge is -2.19. The molecule has 0 aliphatic carbocycles. The maximum atomic E-state index is 13.6. The van der Waals surface area contributed by atoms with E-state index in [1.54, 1.807) is 50.3 Å². The fourth-order valence-electron chi connectivity index (χ4n) is 5.48. The maximum Gasteiger partial charge on any atom is 0.407 e. The Hall–Kier alpha value is -4.55. The minimum absolute atomic E-state index is 0.0200. The number of fused-ring (bicyclic) bond motifs is 3. The molecule has 0 spiro atoms. The Morgan fingerprint density at radius 3 is 2.46 bits per heavy atom. The molecule has 0 fully saturated rings. The molecular weight excluding hydrogens is 652 g/mol.